The minimum absolute atomic E-state index is 0. The predicted molar refractivity (Wildman–Crippen MR) is 148 cm³/mol. The second-order valence-electron chi connectivity index (χ2n) is 9.33. The van der Waals surface area contributed by atoms with Gasteiger partial charge in [0.15, 0.2) is 0 Å². The van der Waals surface area contributed by atoms with Crippen molar-refractivity contribution in [2.45, 2.75) is 33.6 Å². The second kappa shape index (κ2) is 11.6. The molecule has 0 aliphatic carbocycles. The quantitative estimate of drug-likeness (QED) is 0.178. The molecule has 0 spiro atoms. The van der Waals surface area contributed by atoms with Crippen molar-refractivity contribution in [1.82, 2.24) is 9.97 Å². The van der Waals surface area contributed by atoms with Gasteiger partial charge in [-0.2, -0.15) is 0 Å². The Morgan fingerprint density at radius 1 is 0.730 bits per heavy atom. The zero-order valence-corrected chi connectivity index (χ0v) is 23.8. The standard InChI is InChI=1S/C18H12NO.C15H16N.Ir/c1-12-9-10-16(19-11-12)15-7-4-6-14-13-5-2-3-8-17(13)20-18(14)15;1-11(2)14-8-9-15(16-10-14)13-6-4-12(3)5-7-13;/h2-6,8-11H,1H3;4-6,8-11H,1-3H3;/q2*-1;. The largest absolute Gasteiger partial charge is 0.501 e. The summed E-state index contributed by atoms with van der Waals surface area (Å²) in [6.45, 7) is 8.45. The molecule has 1 radical (unpaired) electrons. The van der Waals surface area contributed by atoms with E-state index in [1.807, 2.05) is 61.8 Å². The molecule has 0 unspecified atom stereocenters. The summed E-state index contributed by atoms with van der Waals surface area (Å²) in [4.78, 5) is 8.95. The summed E-state index contributed by atoms with van der Waals surface area (Å²) in [6, 6.07) is 32.9. The first-order chi connectivity index (χ1) is 17.5. The van der Waals surface area contributed by atoms with E-state index in [1.165, 1.54) is 11.1 Å². The van der Waals surface area contributed by atoms with Crippen molar-refractivity contribution in [3.8, 4) is 22.5 Å². The Morgan fingerprint density at radius 2 is 1.49 bits per heavy atom. The molecule has 0 aliphatic rings. The van der Waals surface area contributed by atoms with Gasteiger partial charge in [-0.05, 0) is 41.4 Å². The molecule has 3 aromatic carbocycles. The van der Waals surface area contributed by atoms with Crippen molar-refractivity contribution < 1.29 is 24.5 Å². The van der Waals surface area contributed by atoms with Gasteiger partial charge in [0.1, 0.15) is 5.58 Å². The van der Waals surface area contributed by atoms with Crippen molar-refractivity contribution in [2.24, 2.45) is 0 Å². The minimum Gasteiger partial charge on any atom is -0.501 e. The van der Waals surface area contributed by atoms with Crippen LogP contribution in [0.15, 0.2) is 95.7 Å². The zero-order valence-electron chi connectivity index (χ0n) is 21.4. The summed E-state index contributed by atoms with van der Waals surface area (Å²) in [5.74, 6) is 0.531. The maximum Gasteiger partial charge on any atom is 0.120 e. The second-order valence-corrected chi connectivity index (χ2v) is 9.33. The molecule has 187 valence electrons. The molecule has 0 fully saturated rings. The molecule has 3 heterocycles. The molecule has 4 heteroatoms. The molecule has 0 N–H and O–H groups in total. The number of aryl methyl sites for hydroxylation is 2. The van der Waals surface area contributed by atoms with Crippen LogP contribution in [0.1, 0.15) is 36.5 Å². The van der Waals surface area contributed by atoms with Crippen molar-refractivity contribution in [1.29, 1.82) is 0 Å². The summed E-state index contributed by atoms with van der Waals surface area (Å²) in [5.41, 5.74) is 9.24. The summed E-state index contributed by atoms with van der Waals surface area (Å²) >= 11 is 0. The third-order valence-corrected chi connectivity index (χ3v) is 6.20. The molecular weight excluding hydrogens is 633 g/mol. The van der Waals surface area contributed by atoms with Gasteiger partial charge in [0.25, 0.3) is 0 Å². The van der Waals surface area contributed by atoms with Crippen LogP contribution in [0.3, 0.4) is 0 Å². The van der Waals surface area contributed by atoms with Crippen LogP contribution in [0, 0.1) is 26.0 Å². The number of aromatic nitrogens is 2. The smallest absolute Gasteiger partial charge is 0.120 e. The molecule has 6 rings (SSSR count). The van der Waals surface area contributed by atoms with E-state index in [0.717, 1.165) is 50.0 Å². The van der Waals surface area contributed by atoms with E-state index in [1.54, 1.807) is 0 Å². The van der Waals surface area contributed by atoms with Crippen LogP contribution in [0.2, 0.25) is 0 Å². The average molecular weight is 661 g/mol. The van der Waals surface area contributed by atoms with Crippen molar-refractivity contribution >= 4 is 21.9 Å². The SMILES string of the molecule is Cc1c[c-]c(-c2ccc(C(C)C)cn2)cc1.Cc1ccc(-c2[c-]ccc3c2oc2ccccc23)nc1.[Ir]. The van der Waals surface area contributed by atoms with Gasteiger partial charge in [0.05, 0.1) is 5.58 Å². The molecule has 0 amide bonds. The van der Waals surface area contributed by atoms with E-state index in [4.69, 9.17) is 4.42 Å². The van der Waals surface area contributed by atoms with E-state index < -0.39 is 0 Å². The predicted octanol–water partition coefficient (Wildman–Crippen LogP) is 8.73. The Hall–Kier alpha value is -3.59. The number of pyridine rings is 2. The van der Waals surface area contributed by atoms with Crippen LogP contribution in [0.4, 0.5) is 0 Å². The Morgan fingerprint density at radius 3 is 2.16 bits per heavy atom. The number of furan rings is 1. The normalized spacial score (nSPS) is 10.7. The number of hydrogen-bond acceptors (Lipinski definition) is 3. The van der Waals surface area contributed by atoms with Crippen molar-refractivity contribution in [3.05, 3.63) is 120 Å². The Labute approximate surface area is 232 Å². The Kier molecular flexibility index (Phi) is 8.33. The molecule has 0 aliphatic heterocycles. The third kappa shape index (κ3) is 5.88. The van der Waals surface area contributed by atoms with Gasteiger partial charge in [-0.15, -0.1) is 53.6 Å². The zero-order chi connectivity index (χ0) is 25.1. The van der Waals surface area contributed by atoms with Crippen molar-refractivity contribution in [2.75, 3.05) is 0 Å². The molecular formula is C33H28IrN2O-2. The first kappa shape index (κ1) is 26.5. The maximum absolute atomic E-state index is 6.00. The molecule has 0 saturated carbocycles. The number of hydrogen-bond donors (Lipinski definition) is 0. The fraction of sp³-hybridized carbons (Fsp3) is 0.152. The molecule has 3 aromatic heterocycles. The van der Waals surface area contributed by atoms with Crippen LogP contribution in [0.5, 0.6) is 0 Å². The average Bonchev–Trinajstić information content (AvgIpc) is 3.29. The fourth-order valence-corrected chi connectivity index (χ4v) is 4.06. The van der Waals surface area contributed by atoms with E-state index in [9.17, 15) is 0 Å². The van der Waals surface area contributed by atoms with Crippen LogP contribution in [0.25, 0.3) is 44.5 Å². The molecule has 0 atom stereocenters. The first-order valence-electron chi connectivity index (χ1n) is 12.2. The number of benzene rings is 3. The monoisotopic (exact) mass is 661 g/mol. The van der Waals surface area contributed by atoms with Crippen molar-refractivity contribution in [3.63, 3.8) is 0 Å². The van der Waals surface area contributed by atoms with Gasteiger partial charge in [-0.25, -0.2) is 0 Å². The van der Waals surface area contributed by atoms with E-state index in [2.05, 4.69) is 79.3 Å². The van der Waals surface area contributed by atoms with Crippen LogP contribution in [-0.2, 0) is 20.1 Å². The number of nitrogens with zero attached hydrogens (tertiary/aromatic N) is 2. The number of rotatable bonds is 3. The summed E-state index contributed by atoms with van der Waals surface area (Å²) < 4.78 is 6.00. The fourth-order valence-electron chi connectivity index (χ4n) is 4.06. The molecule has 6 aromatic rings. The first-order valence-corrected chi connectivity index (χ1v) is 12.2. The van der Waals surface area contributed by atoms with Crippen LogP contribution < -0.4 is 0 Å². The molecule has 0 saturated heterocycles. The minimum atomic E-state index is 0. The molecule has 37 heavy (non-hydrogen) atoms. The Bertz CT molecular complexity index is 1600. The summed E-state index contributed by atoms with van der Waals surface area (Å²) in [7, 11) is 0. The van der Waals surface area contributed by atoms with Gasteiger partial charge in [0, 0.05) is 37.9 Å². The van der Waals surface area contributed by atoms with Gasteiger partial charge >= 0.3 is 0 Å². The van der Waals surface area contributed by atoms with Gasteiger partial charge in [-0.1, -0.05) is 74.2 Å². The van der Waals surface area contributed by atoms with E-state index in [0.29, 0.717) is 5.92 Å². The van der Waals surface area contributed by atoms with E-state index >= 15 is 0 Å². The van der Waals surface area contributed by atoms with Crippen LogP contribution >= 0.6 is 0 Å². The van der Waals surface area contributed by atoms with Gasteiger partial charge in [0.2, 0.25) is 0 Å². The summed E-state index contributed by atoms with van der Waals surface area (Å²) in [5, 5.41) is 2.24. The van der Waals surface area contributed by atoms with Crippen LogP contribution in [-0.4, -0.2) is 9.97 Å². The van der Waals surface area contributed by atoms with E-state index in [-0.39, 0.29) is 20.1 Å². The molecule has 0 bridgehead atoms. The van der Waals surface area contributed by atoms with Gasteiger partial charge < -0.3 is 14.4 Å². The Balaban J connectivity index is 0.000000173. The topological polar surface area (TPSA) is 38.9 Å². The van der Waals surface area contributed by atoms with Gasteiger partial charge in [-0.3, -0.25) is 0 Å². The molecule has 3 nitrogen and oxygen atoms in total. The third-order valence-electron chi connectivity index (χ3n) is 6.20. The maximum atomic E-state index is 6.00. The summed E-state index contributed by atoms with van der Waals surface area (Å²) in [6.07, 6.45) is 3.82. The number of fused-ring (bicyclic) bond motifs is 3. The number of para-hydroxylation sites is 1.